The van der Waals surface area contributed by atoms with Crippen LogP contribution in [0.15, 0.2) is 65.3 Å². The fraction of sp³-hybridized carbons (Fsp3) is 0.167. The first-order chi connectivity index (χ1) is 15.5. The highest BCUT2D eigenvalue weighted by atomic mass is 16.3. The Bertz CT molecular complexity index is 1250. The van der Waals surface area contributed by atoms with Crippen LogP contribution in [0.25, 0.3) is 0 Å². The summed E-state index contributed by atoms with van der Waals surface area (Å²) in [4.78, 5) is 53.0. The average Bonchev–Trinajstić information content (AvgIpc) is 3.52. The first-order valence-electron chi connectivity index (χ1n) is 10.3. The van der Waals surface area contributed by atoms with Gasteiger partial charge in [0, 0.05) is 29.9 Å². The molecular formula is C24H19N3O5. The maximum atomic E-state index is 12.8. The second-order valence-electron chi connectivity index (χ2n) is 7.69. The number of hydrogen-bond acceptors (Lipinski definition) is 5. The molecule has 8 heteroatoms. The van der Waals surface area contributed by atoms with Gasteiger partial charge in [0.2, 0.25) is 5.91 Å². The molecule has 5 rings (SSSR count). The highest BCUT2D eigenvalue weighted by molar-refractivity contribution is 6.22. The van der Waals surface area contributed by atoms with Gasteiger partial charge in [0.05, 0.1) is 23.9 Å². The SMILES string of the molecule is O=C(Nc1cccc(N2CCCC2=O)c1)c1ccc2c(c1)C(=O)N(Cc1ccco1)C2=O. The number of anilines is 2. The average molecular weight is 429 g/mol. The van der Waals surface area contributed by atoms with Crippen molar-refractivity contribution in [2.24, 2.45) is 0 Å². The van der Waals surface area contributed by atoms with E-state index in [0.717, 1.165) is 17.0 Å². The molecular weight excluding hydrogens is 410 g/mol. The Morgan fingerprint density at radius 3 is 2.56 bits per heavy atom. The predicted octanol–water partition coefficient (Wildman–Crippen LogP) is 3.45. The van der Waals surface area contributed by atoms with E-state index in [2.05, 4.69) is 5.32 Å². The molecule has 2 aliphatic heterocycles. The van der Waals surface area contributed by atoms with Gasteiger partial charge in [-0.25, -0.2) is 0 Å². The van der Waals surface area contributed by atoms with E-state index < -0.39 is 17.7 Å². The van der Waals surface area contributed by atoms with Gasteiger partial charge in [0.15, 0.2) is 0 Å². The van der Waals surface area contributed by atoms with Gasteiger partial charge < -0.3 is 14.6 Å². The van der Waals surface area contributed by atoms with E-state index in [-0.39, 0.29) is 29.1 Å². The molecule has 160 valence electrons. The number of hydrogen-bond donors (Lipinski definition) is 1. The van der Waals surface area contributed by atoms with Crippen LogP contribution >= 0.6 is 0 Å². The molecule has 0 atom stereocenters. The number of furan rings is 1. The number of nitrogens with zero attached hydrogens (tertiary/aromatic N) is 2. The smallest absolute Gasteiger partial charge is 0.261 e. The van der Waals surface area contributed by atoms with Crippen LogP contribution in [0.5, 0.6) is 0 Å². The first-order valence-corrected chi connectivity index (χ1v) is 10.3. The number of nitrogens with one attached hydrogen (secondary N) is 1. The van der Waals surface area contributed by atoms with E-state index in [9.17, 15) is 19.2 Å². The van der Waals surface area contributed by atoms with E-state index in [1.54, 1.807) is 35.2 Å². The molecule has 2 aromatic carbocycles. The van der Waals surface area contributed by atoms with Crippen LogP contribution in [0.2, 0.25) is 0 Å². The van der Waals surface area contributed by atoms with Gasteiger partial charge in [-0.3, -0.25) is 24.1 Å². The van der Waals surface area contributed by atoms with E-state index >= 15 is 0 Å². The minimum absolute atomic E-state index is 0.0306. The highest BCUT2D eigenvalue weighted by Gasteiger charge is 2.36. The molecule has 32 heavy (non-hydrogen) atoms. The van der Waals surface area contributed by atoms with Crippen molar-refractivity contribution in [1.29, 1.82) is 0 Å². The van der Waals surface area contributed by atoms with Crippen molar-refractivity contribution in [1.82, 2.24) is 4.90 Å². The van der Waals surface area contributed by atoms with Crippen molar-refractivity contribution in [2.45, 2.75) is 19.4 Å². The molecule has 1 N–H and O–H groups in total. The van der Waals surface area contributed by atoms with Gasteiger partial charge in [0.25, 0.3) is 17.7 Å². The predicted molar refractivity (Wildman–Crippen MR) is 115 cm³/mol. The van der Waals surface area contributed by atoms with Crippen LogP contribution in [0.3, 0.4) is 0 Å². The molecule has 1 saturated heterocycles. The fourth-order valence-corrected chi connectivity index (χ4v) is 4.01. The Morgan fingerprint density at radius 1 is 0.969 bits per heavy atom. The maximum Gasteiger partial charge on any atom is 0.261 e. The van der Waals surface area contributed by atoms with E-state index in [1.807, 2.05) is 6.07 Å². The third kappa shape index (κ3) is 3.45. The molecule has 1 fully saturated rings. The molecule has 0 radical (unpaired) electrons. The van der Waals surface area contributed by atoms with Gasteiger partial charge in [-0.1, -0.05) is 6.07 Å². The third-order valence-corrected chi connectivity index (χ3v) is 5.62. The molecule has 4 amide bonds. The lowest BCUT2D eigenvalue weighted by Gasteiger charge is -2.16. The Hall–Kier alpha value is -4.20. The number of carbonyl (C=O) groups excluding carboxylic acids is 4. The number of benzene rings is 2. The summed E-state index contributed by atoms with van der Waals surface area (Å²) in [6.07, 6.45) is 2.81. The molecule has 0 spiro atoms. The topological polar surface area (TPSA) is 99.9 Å². The summed E-state index contributed by atoms with van der Waals surface area (Å²) in [7, 11) is 0. The lowest BCUT2D eigenvalue weighted by Crippen LogP contribution is -2.28. The van der Waals surface area contributed by atoms with Crippen LogP contribution < -0.4 is 10.2 Å². The summed E-state index contributed by atoms with van der Waals surface area (Å²) in [5.41, 5.74) is 1.97. The summed E-state index contributed by atoms with van der Waals surface area (Å²) in [5.74, 6) is -0.743. The van der Waals surface area contributed by atoms with Crippen LogP contribution in [0, 0.1) is 0 Å². The van der Waals surface area contributed by atoms with Crippen molar-refractivity contribution in [2.75, 3.05) is 16.8 Å². The van der Waals surface area contributed by atoms with E-state index in [0.29, 0.717) is 24.4 Å². The minimum atomic E-state index is -0.467. The third-order valence-electron chi connectivity index (χ3n) is 5.62. The summed E-state index contributed by atoms with van der Waals surface area (Å²) in [5, 5.41) is 2.80. The highest BCUT2D eigenvalue weighted by Crippen LogP contribution is 2.27. The molecule has 3 aromatic rings. The normalized spacial score (nSPS) is 15.4. The van der Waals surface area contributed by atoms with Crippen LogP contribution in [-0.2, 0) is 11.3 Å². The first kappa shape index (κ1) is 19.7. The molecule has 8 nitrogen and oxygen atoms in total. The second-order valence-corrected chi connectivity index (χ2v) is 7.69. The summed E-state index contributed by atoms with van der Waals surface area (Å²) >= 11 is 0. The summed E-state index contributed by atoms with van der Waals surface area (Å²) in [6.45, 7) is 0.689. The largest absolute Gasteiger partial charge is 0.467 e. The van der Waals surface area contributed by atoms with E-state index in [4.69, 9.17) is 4.42 Å². The van der Waals surface area contributed by atoms with Gasteiger partial charge in [-0.05, 0) is 55.0 Å². The molecule has 0 saturated carbocycles. The van der Waals surface area contributed by atoms with E-state index in [1.165, 1.54) is 24.5 Å². The molecule has 1 aromatic heterocycles. The fourth-order valence-electron chi connectivity index (χ4n) is 4.01. The molecule has 2 aliphatic rings. The zero-order chi connectivity index (χ0) is 22.2. The number of rotatable bonds is 5. The molecule has 0 aliphatic carbocycles. The number of fused-ring (bicyclic) bond motifs is 1. The van der Waals surface area contributed by atoms with Gasteiger partial charge in [-0.15, -0.1) is 0 Å². The molecule has 0 bridgehead atoms. The molecule has 0 unspecified atom stereocenters. The van der Waals surface area contributed by atoms with Gasteiger partial charge in [-0.2, -0.15) is 0 Å². The lowest BCUT2D eigenvalue weighted by molar-refractivity contribution is -0.117. The number of carbonyl (C=O) groups is 4. The Kier molecular flexibility index (Phi) is 4.82. The zero-order valence-electron chi connectivity index (χ0n) is 17.0. The van der Waals surface area contributed by atoms with Crippen molar-refractivity contribution >= 4 is 35.0 Å². The monoisotopic (exact) mass is 429 g/mol. The summed E-state index contributed by atoms with van der Waals surface area (Å²) in [6, 6.07) is 14.9. The standard InChI is InChI=1S/C24H19N3O5/c28-21-7-2-10-26(21)17-5-1-4-16(13-17)25-22(29)15-8-9-19-20(12-15)24(31)27(23(19)30)14-18-6-3-11-32-18/h1,3-6,8-9,11-13H,2,7,10,14H2,(H,25,29). The lowest BCUT2D eigenvalue weighted by atomic mass is 10.1. The Balaban J connectivity index is 1.34. The maximum absolute atomic E-state index is 12.8. The van der Waals surface area contributed by atoms with Crippen molar-refractivity contribution < 1.29 is 23.6 Å². The van der Waals surface area contributed by atoms with Crippen LogP contribution in [0.1, 0.15) is 49.7 Å². The van der Waals surface area contributed by atoms with Crippen LogP contribution in [0.4, 0.5) is 11.4 Å². The zero-order valence-corrected chi connectivity index (χ0v) is 17.0. The minimum Gasteiger partial charge on any atom is -0.467 e. The van der Waals surface area contributed by atoms with Crippen molar-refractivity contribution in [3.63, 3.8) is 0 Å². The molecule has 3 heterocycles. The number of amides is 4. The van der Waals surface area contributed by atoms with Crippen molar-refractivity contribution in [3.8, 4) is 0 Å². The second kappa shape index (κ2) is 7.81. The Morgan fingerprint density at radius 2 is 1.81 bits per heavy atom. The van der Waals surface area contributed by atoms with Crippen LogP contribution in [-0.4, -0.2) is 35.1 Å². The van der Waals surface area contributed by atoms with Crippen molar-refractivity contribution in [3.05, 3.63) is 83.3 Å². The number of imide groups is 1. The van der Waals surface area contributed by atoms with Gasteiger partial charge >= 0.3 is 0 Å². The Labute approximate surface area is 183 Å². The quantitative estimate of drug-likeness (QED) is 0.626. The van der Waals surface area contributed by atoms with Gasteiger partial charge in [0.1, 0.15) is 5.76 Å². The summed E-state index contributed by atoms with van der Waals surface area (Å²) < 4.78 is 5.24.